The summed E-state index contributed by atoms with van der Waals surface area (Å²) in [6.07, 6.45) is 5.09. The van der Waals surface area contributed by atoms with Crippen molar-refractivity contribution in [2.75, 3.05) is 63.7 Å². The van der Waals surface area contributed by atoms with Crippen LogP contribution in [0.1, 0.15) is 55.2 Å². The van der Waals surface area contributed by atoms with Gasteiger partial charge in [-0.05, 0) is 47.7 Å². The van der Waals surface area contributed by atoms with Crippen molar-refractivity contribution < 1.29 is 41.6 Å². The SMILES string of the molecule is CN(CCS(=O)(=O)O)C(=O)CCCCCCC(=O)OCC1CN2C=C(C(=O)NCc3ccc(Cl)cc3)Cc3cc(CN4CCOCC4)cc(c32)O1.[Na]. The summed E-state index contributed by atoms with van der Waals surface area (Å²) < 4.78 is 48.2. The zero-order valence-electron chi connectivity index (χ0n) is 30.0. The third-order valence-corrected chi connectivity index (χ3v) is 10.1. The Morgan fingerprint density at radius 1 is 1.04 bits per heavy atom. The van der Waals surface area contributed by atoms with E-state index in [0.29, 0.717) is 61.9 Å². The number of ether oxygens (including phenoxy) is 3. The van der Waals surface area contributed by atoms with E-state index in [1.807, 2.05) is 29.3 Å². The number of halogens is 1. The van der Waals surface area contributed by atoms with Gasteiger partial charge in [-0.25, -0.2) is 0 Å². The van der Waals surface area contributed by atoms with E-state index >= 15 is 0 Å². The third kappa shape index (κ3) is 13.0. The molecule has 0 aromatic heterocycles. The van der Waals surface area contributed by atoms with E-state index in [9.17, 15) is 22.8 Å². The molecule has 2 N–H and O–H groups in total. The molecule has 0 aliphatic carbocycles. The minimum atomic E-state index is -4.12. The molecule has 3 aliphatic rings. The number of carbonyl (C=O) groups is 3. The van der Waals surface area contributed by atoms with E-state index in [1.54, 1.807) is 12.1 Å². The van der Waals surface area contributed by atoms with Crippen molar-refractivity contribution in [3.8, 4) is 5.75 Å². The van der Waals surface area contributed by atoms with Crippen LogP contribution in [0, 0.1) is 0 Å². The summed E-state index contributed by atoms with van der Waals surface area (Å²) in [6.45, 7) is 4.57. The van der Waals surface area contributed by atoms with Gasteiger partial charge in [0.1, 0.15) is 12.4 Å². The fourth-order valence-electron chi connectivity index (χ4n) is 6.32. The predicted octanol–water partition coefficient (Wildman–Crippen LogP) is 3.35. The first-order valence-corrected chi connectivity index (χ1v) is 19.4. The van der Waals surface area contributed by atoms with Crippen LogP contribution in [-0.2, 0) is 53.5 Å². The van der Waals surface area contributed by atoms with E-state index in [-0.39, 0.29) is 73.3 Å². The Balaban J connectivity index is 0.00000605. The van der Waals surface area contributed by atoms with Crippen LogP contribution in [0.5, 0.6) is 5.75 Å². The number of carbonyl (C=O) groups excluding carboxylic acids is 3. The molecule has 1 saturated heterocycles. The molecule has 52 heavy (non-hydrogen) atoms. The maximum absolute atomic E-state index is 13.4. The van der Waals surface area contributed by atoms with Crippen LogP contribution in [0.2, 0.25) is 5.02 Å². The van der Waals surface area contributed by atoms with Gasteiger partial charge in [0.2, 0.25) is 11.8 Å². The number of morpholine rings is 1. The van der Waals surface area contributed by atoms with Gasteiger partial charge in [-0.3, -0.25) is 23.8 Å². The first-order chi connectivity index (χ1) is 24.4. The fraction of sp³-hybridized carbons (Fsp3) is 0.528. The number of anilines is 1. The second kappa shape index (κ2) is 20.1. The Morgan fingerprint density at radius 3 is 2.46 bits per heavy atom. The molecule has 2 aromatic carbocycles. The molecule has 3 heterocycles. The zero-order valence-corrected chi connectivity index (χ0v) is 33.6. The van der Waals surface area contributed by atoms with Gasteiger partial charge in [-0.15, -0.1) is 0 Å². The standard InChI is InChI=1S/C36H47ClN4O9S.Na/c1-39(14-17-51(45,46)47)33(42)6-4-2-3-5-7-34(43)49-25-31-24-41-23-29(36(44)38-21-26-8-10-30(37)11-9-26)20-28-18-27(19-32(50-31)35(28)41)22-40-12-15-48-16-13-40;/h8-11,18-19,23,31H,2-7,12-17,20-22,24-25H2,1H3,(H,38,44)(H,45,46,47);. The molecular weight excluding hydrogens is 723 g/mol. The second-order valence-electron chi connectivity index (χ2n) is 13.2. The normalized spacial score (nSPS) is 16.9. The van der Waals surface area contributed by atoms with Crippen LogP contribution in [0.3, 0.4) is 0 Å². The second-order valence-corrected chi connectivity index (χ2v) is 15.2. The molecule has 1 unspecified atom stereocenters. The van der Waals surface area contributed by atoms with Crippen LogP contribution < -0.4 is 15.0 Å². The minimum Gasteiger partial charge on any atom is -0.483 e. The summed E-state index contributed by atoms with van der Waals surface area (Å²) in [6, 6.07) is 11.6. The molecule has 0 bridgehead atoms. The Labute approximate surface area is 333 Å². The monoisotopic (exact) mass is 769 g/mol. The van der Waals surface area contributed by atoms with Gasteiger partial charge in [-0.2, -0.15) is 8.42 Å². The topological polar surface area (TPSA) is 155 Å². The van der Waals surface area contributed by atoms with Gasteiger partial charge >= 0.3 is 5.97 Å². The predicted molar refractivity (Wildman–Crippen MR) is 198 cm³/mol. The molecule has 13 nitrogen and oxygen atoms in total. The average Bonchev–Trinajstić information content (AvgIpc) is 3.10. The number of esters is 1. The summed E-state index contributed by atoms with van der Waals surface area (Å²) in [5.74, 6) is -0.465. The Morgan fingerprint density at radius 2 is 1.75 bits per heavy atom. The van der Waals surface area contributed by atoms with Crippen molar-refractivity contribution in [1.29, 1.82) is 0 Å². The van der Waals surface area contributed by atoms with Crippen LogP contribution >= 0.6 is 11.6 Å². The van der Waals surface area contributed by atoms with Crippen molar-refractivity contribution in [1.82, 2.24) is 15.1 Å². The van der Waals surface area contributed by atoms with Gasteiger partial charge < -0.3 is 29.3 Å². The molecular formula is C36H47ClN4NaO9S. The van der Waals surface area contributed by atoms with E-state index < -0.39 is 22.0 Å². The summed E-state index contributed by atoms with van der Waals surface area (Å²) in [5, 5.41) is 3.67. The van der Waals surface area contributed by atoms with E-state index in [1.165, 1.54) is 11.9 Å². The van der Waals surface area contributed by atoms with E-state index in [2.05, 4.69) is 16.3 Å². The summed E-state index contributed by atoms with van der Waals surface area (Å²) >= 11 is 6.02. The van der Waals surface area contributed by atoms with Crippen LogP contribution in [0.25, 0.3) is 0 Å². The number of hydrogen-bond acceptors (Lipinski definition) is 10. The molecule has 1 atom stereocenters. The quantitative estimate of drug-likeness (QED) is 0.105. The molecule has 0 saturated carbocycles. The minimum absolute atomic E-state index is 0. The summed E-state index contributed by atoms with van der Waals surface area (Å²) in [5.41, 5.74) is 4.60. The molecule has 1 radical (unpaired) electrons. The number of nitrogens with one attached hydrogen (secondary N) is 1. The van der Waals surface area contributed by atoms with Gasteiger partial charge in [0.25, 0.3) is 10.1 Å². The number of nitrogens with zero attached hydrogens (tertiary/aromatic N) is 3. The fourth-order valence-corrected chi connectivity index (χ4v) is 6.95. The van der Waals surface area contributed by atoms with Crippen molar-refractivity contribution in [2.45, 2.75) is 64.1 Å². The molecule has 2 aromatic rings. The maximum atomic E-state index is 13.4. The van der Waals surface area contributed by atoms with Crippen molar-refractivity contribution in [3.63, 3.8) is 0 Å². The zero-order chi connectivity index (χ0) is 36.4. The van der Waals surface area contributed by atoms with Gasteiger partial charge in [0.15, 0.2) is 6.10 Å². The Hall–Kier alpha value is -2.69. The summed E-state index contributed by atoms with van der Waals surface area (Å²) in [4.78, 5) is 43.9. The smallest absolute Gasteiger partial charge is 0.305 e. The maximum Gasteiger partial charge on any atom is 0.305 e. The molecule has 3 aliphatic heterocycles. The van der Waals surface area contributed by atoms with Gasteiger partial charge in [0.05, 0.1) is 31.2 Å². The van der Waals surface area contributed by atoms with Crippen LogP contribution in [-0.4, -0.2) is 135 Å². The van der Waals surface area contributed by atoms with Gasteiger partial charge in [-0.1, -0.05) is 42.6 Å². The molecule has 5 rings (SSSR count). The van der Waals surface area contributed by atoms with Crippen molar-refractivity contribution in [3.05, 3.63) is 69.9 Å². The molecule has 279 valence electrons. The van der Waals surface area contributed by atoms with Crippen LogP contribution in [0.15, 0.2) is 48.2 Å². The molecule has 0 spiro atoms. The van der Waals surface area contributed by atoms with Crippen molar-refractivity contribution >= 4 is 74.7 Å². The molecule has 2 amide bonds. The number of benzene rings is 2. The Kier molecular flexibility index (Phi) is 16.3. The number of unbranched alkanes of at least 4 members (excludes halogenated alkanes) is 3. The number of hydrogen-bond donors (Lipinski definition) is 2. The number of rotatable bonds is 17. The van der Waals surface area contributed by atoms with Crippen LogP contribution in [0.4, 0.5) is 5.69 Å². The van der Waals surface area contributed by atoms with Crippen molar-refractivity contribution in [2.24, 2.45) is 0 Å². The van der Waals surface area contributed by atoms with Gasteiger partial charge in [0, 0.05) is 105 Å². The average molecular weight is 770 g/mol. The summed E-state index contributed by atoms with van der Waals surface area (Å²) in [7, 11) is -2.62. The molecule has 1 fully saturated rings. The van der Waals surface area contributed by atoms with E-state index in [4.69, 9.17) is 30.4 Å². The first-order valence-electron chi connectivity index (χ1n) is 17.4. The molecule has 16 heteroatoms. The number of amides is 2. The first kappa shape index (κ1) is 42.1. The van der Waals surface area contributed by atoms with E-state index in [0.717, 1.165) is 54.9 Å². The Bertz CT molecular complexity index is 1690. The largest absolute Gasteiger partial charge is 0.483 e. The third-order valence-electron chi connectivity index (χ3n) is 9.12.